The van der Waals surface area contributed by atoms with Crippen LogP contribution in [0.4, 0.5) is 0 Å². The molecule has 0 spiro atoms. The molecular weight excluding hydrogens is 356 g/mol. The highest BCUT2D eigenvalue weighted by Gasteiger charge is 2.17. The maximum atomic E-state index is 12.2. The summed E-state index contributed by atoms with van der Waals surface area (Å²) in [6, 6.07) is 5.00. The molecule has 0 aliphatic carbocycles. The van der Waals surface area contributed by atoms with Crippen LogP contribution in [-0.4, -0.2) is 22.0 Å². The highest BCUT2D eigenvalue weighted by Crippen LogP contribution is 2.20. The fourth-order valence-electron chi connectivity index (χ4n) is 1.66. The number of carboxylic acids is 1. The van der Waals surface area contributed by atoms with E-state index in [1.165, 1.54) is 16.7 Å². The second-order valence-corrected chi connectivity index (χ2v) is 6.28. The molecule has 1 atom stereocenters. The van der Waals surface area contributed by atoms with Gasteiger partial charge in [-0.2, -0.15) is 0 Å². The Morgan fingerprint density at radius 2 is 2.14 bits per heavy atom. The van der Waals surface area contributed by atoms with E-state index in [0.29, 0.717) is 10.6 Å². The van der Waals surface area contributed by atoms with Crippen molar-refractivity contribution in [2.45, 2.75) is 19.9 Å². The Balaban J connectivity index is 2.10. The first-order valence-electron chi connectivity index (χ1n) is 6.14. The first-order chi connectivity index (χ1) is 9.88. The van der Waals surface area contributed by atoms with Crippen LogP contribution in [0.1, 0.15) is 44.4 Å². The molecule has 1 unspecified atom stereocenters. The summed E-state index contributed by atoms with van der Waals surface area (Å²) in [7, 11) is 0. The molecule has 0 aliphatic heterocycles. The highest BCUT2D eigenvalue weighted by atomic mass is 79.9. The number of aryl methyl sites for hydroxylation is 1. The van der Waals surface area contributed by atoms with Gasteiger partial charge in [0.05, 0.1) is 6.04 Å². The zero-order chi connectivity index (χ0) is 15.6. The van der Waals surface area contributed by atoms with Crippen molar-refractivity contribution in [3.63, 3.8) is 0 Å². The van der Waals surface area contributed by atoms with Gasteiger partial charge in [-0.3, -0.25) is 4.79 Å². The van der Waals surface area contributed by atoms with Crippen molar-refractivity contribution in [3.8, 4) is 0 Å². The zero-order valence-corrected chi connectivity index (χ0v) is 13.8. The molecule has 0 radical (unpaired) electrons. The molecule has 2 N–H and O–H groups in total. The van der Waals surface area contributed by atoms with Crippen LogP contribution in [0.3, 0.4) is 0 Å². The minimum Gasteiger partial charge on any atom is -0.476 e. The molecule has 1 amide bonds. The van der Waals surface area contributed by atoms with E-state index >= 15 is 0 Å². The second kappa shape index (κ2) is 6.36. The molecule has 1 aromatic heterocycles. The van der Waals surface area contributed by atoms with Gasteiger partial charge in [0, 0.05) is 15.4 Å². The van der Waals surface area contributed by atoms with E-state index in [9.17, 15) is 9.59 Å². The average Bonchev–Trinajstić information content (AvgIpc) is 2.91. The van der Waals surface area contributed by atoms with Crippen LogP contribution in [-0.2, 0) is 0 Å². The fraction of sp³-hybridized carbons (Fsp3) is 0.214. The van der Waals surface area contributed by atoms with Crippen LogP contribution >= 0.6 is 27.3 Å². The molecular formula is C14H13BrN2O3S. The summed E-state index contributed by atoms with van der Waals surface area (Å²) in [5, 5.41) is 13.7. The van der Waals surface area contributed by atoms with Crippen molar-refractivity contribution in [1.29, 1.82) is 0 Å². The van der Waals surface area contributed by atoms with E-state index in [1.807, 2.05) is 13.0 Å². The van der Waals surface area contributed by atoms with E-state index in [0.717, 1.165) is 10.0 Å². The average molecular weight is 369 g/mol. The lowest BCUT2D eigenvalue weighted by molar-refractivity contribution is 0.0691. The van der Waals surface area contributed by atoms with Crippen LogP contribution in [0, 0.1) is 6.92 Å². The fourth-order valence-corrected chi connectivity index (χ4v) is 2.84. The van der Waals surface area contributed by atoms with Gasteiger partial charge in [0.15, 0.2) is 5.69 Å². The monoisotopic (exact) mass is 368 g/mol. The molecule has 110 valence electrons. The Morgan fingerprint density at radius 1 is 1.43 bits per heavy atom. The first-order valence-corrected chi connectivity index (χ1v) is 7.81. The van der Waals surface area contributed by atoms with Crippen molar-refractivity contribution in [1.82, 2.24) is 10.3 Å². The van der Waals surface area contributed by atoms with Gasteiger partial charge >= 0.3 is 5.97 Å². The van der Waals surface area contributed by atoms with E-state index in [2.05, 4.69) is 26.2 Å². The van der Waals surface area contributed by atoms with Gasteiger partial charge in [-0.1, -0.05) is 22.0 Å². The quantitative estimate of drug-likeness (QED) is 0.866. The van der Waals surface area contributed by atoms with E-state index in [4.69, 9.17) is 5.11 Å². The number of hydrogen-bond acceptors (Lipinski definition) is 4. The van der Waals surface area contributed by atoms with Crippen molar-refractivity contribution >= 4 is 39.1 Å². The van der Waals surface area contributed by atoms with Gasteiger partial charge in [0.2, 0.25) is 0 Å². The number of aromatic carboxylic acids is 1. The molecule has 0 fully saturated rings. The van der Waals surface area contributed by atoms with Crippen LogP contribution in [0.5, 0.6) is 0 Å². The van der Waals surface area contributed by atoms with Crippen LogP contribution in [0.25, 0.3) is 0 Å². The Hall–Kier alpha value is -1.73. The Bertz CT molecular complexity index is 699. The van der Waals surface area contributed by atoms with E-state index in [1.54, 1.807) is 19.1 Å². The maximum absolute atomic E-state index is 12.2. The van der Waals surface area contributed by atoms with Crippen LogP contribution in [0.15, 0.2) is 28.1 Å². The molecule has 2 aromatic rings. The van der Waals surface area contributed by atoms with Gasteiger partial charge in [-0.15, -0.1) is 11.3 Å². The maximum Gasteiger partial charge on any atom is 0.355 e. The third-order valence-corrected chi connectivity index (χ3v) is 4.77. The summed E-state index contributed by atoms with van der Waals surface area (Å²) in [5.74, 6) is -1.30. The predicted molar refractivity (Wildman–Crippen MR) is 83.8 cm³/mol. The topological polar surface area (TPSA) is 79.3 Å². The number of carbonyl (C=O) groups excluding carboxylic acids is 1. The van der Waals surface area contributed by atoms with Gasteiger partial charge in [0.1, 0.15) is 5.01 Å². The van der Waals surface area contributed by atoms with Gasteiger partial charge in [0.25, 0.3) is 5.91 Å². The standard InChI is InChI=1S/C14H13BrN2O3S/c1-7-3-4-9(5-10(7)15)12(18)16-8(2)13-17-11(6-21-13)14(19)20/h3-6,8H,1-2H3,(H,16,18)(H,19,20). The van der Waals surface area contributed by atoms with Gasteiger partial charge in [-0.05, 0) is 31.5 Å². The number of nitrogens with zero attached hydrogens (tertiary/aromatic N) is 1. The number of nitrogens with one attached hydrogen (secondary N) is 1. The number of benzene rings is 1. The summed E-state index contributed by atoms with van der Waals surface area (Å²) in [6.07, 6.45) is 0. The molecule has 0 bridgehead atoms. The molecule has 7 heteroatoms. The molecule has 1 heterocycles. The molecule has 21 heavy (non-hydrogen) atoms. The Labute approximate surface area is 134 Å². The minimum atomic E-state index is -1.07. The molecule has 0 saturated heterocycles. The summed E-state index contributed by atoms with van der Waals surface area (Å²) in [4.78, 5) is 26.9. The third-order valence-electron chi connectivity index (χ3n) is 2.89. The lowest BCUT2D eigenvalue weighted by Crippen LogP contribution is -2.26. The lowest BCUT2D eigenvalue weighted by Gasteiger charge is -2.11. The number of aromatic nitrogens is 1. The van der Waals surface area contributed by atoms with Crippen molar-refractivity contribution in [3.05, 3.63) is 49.9 Å². The molecule has 1 aromatic carbocycles. The summed E-state index contributed by atoms with van der Waals surface area (Å²) in [5.41, 5.74) is 1.58. The molecule has 5 nitrogen and oxygen atoms in total. The lowest BCUT2D eigenvalue weighted by atomic mass is 10.1. The summed E-state index contributed by atoms with van der Waals surface area (Å²) >= 11 is 4.60. The van der Waals surface area contributed by atoms with Gasteiger partial charge < -0.3 is 10.4 Å². The second-order valence-electron chi connectivity index (χ2n) is 4.54. The van der Waals surface area contributed by atoms with E-state index in [-0.39, 0.29) is 17.6 Å². The highest BCUT2D eigenvalue weighted by molar-refractivity contribution is 9.10. The largest absolute Gasteiger partial charge is 0.476 e. The van der Waals surface area contributed by atoms with Crippen LogP contribution < -0.4 is 5.32 Å². The number of thiazole rings is 1. The Morgan fingerprint density at radius 3 is 2.71 bits per heavy atom. The Kier molecular flexibility index (Phi) is 4.74. The number of amides is 1. The predicted octanol–water partition coefficient (Wildman–Crippen LogP) is 3.40. The number of halogens is 1. The normalized spacial score (nSPS) is 12.0. The third kappa shape index (κ3) is 3.68. The van der Waals surface area contributed by atoms with Crippen molar-refractivity contribution in [2.24, 2.45) is 0 Å². The van der Waals surface area contributed by atoms with E-state index < -0.39 is 5.97 Å². The number of rotatable bonds is 4. The summed E-state index contributed by atoms with van der Waals surface area (Å²) in [6.45, 7) is 3.71. The smallest absolute Gasteiger partial charge is 0.355 e. The minimum absolute atomic E-state index is 0.00539. The molecule has 0 saturated carbocycles. The molecule has 0 aliphatic rings. The SMILES string of the molecule is Cc1ccc(C(=O)NC(C)c2nc(C(=O)O)cs2)cc1Br. The zero-order valence-electron chi connectivity index (χ0n) is 11.4. The van der Waals surface area contributed by atoms with Gasteiger partial charge in [-0.25, -0.2) is 9.78 Å². The number of hydrogen-bond donors (Lipinski definition) is 2. The van der Waals surface area contributed by atoms with Crippen molar-refractivity contribution in [2.75, 3.05) is 0 Å². The number of carboxylic acid groups (broad SMARTS) is 1. The van der Waals surface area contributed by atoms with Crippen molar-refractivity contribution < 1.29 is 14.7 Å². The summed E-state index contributed by atoms with van der Waals surface area (Å²) < 4.78 is 0.866. The number of carbonyl (C=O) groups is 2. The van der Waals surface area contributed by atoms with Crippen LogP contribution in [0.2, 0.25) is 0 Å². The first kappa shape index (κ1) is 15.7. The molecule has 2 rings (SSSR count).